The van der Waals surface area contributed by atoms with Crippen LogP contribution in [0.5, 0.6) is 5.75 Å². The van der Waals surface area contributed by atoms with Crippen LogP contribution in [-0.4, -0.2) is 17.6 Å². The summed E-state index contributed by atoms with van der Waals surface area (Å²) in [5.74, 6) is 1.24. The van der Waals surface area contributed by atoms with Crippen molar-refractivity contribution in [2.75, 3.05) is 12.4 Å². The summed E-state index contributed by atoms with van der Waals surface area (Å²) >= 11 is 13.7. The van der Waals surface area contributed by atoms with Gasteiger partial charge in [0.25, 0.3) is 11.5 Å². The molecule has 6 rings (SSSR count). The molecule has 2 aromatic heterocycles. The highest BCUT2D eigenvalue weighted by Crippen LogP contribution is 2.33. The first-order valence-electron chi connectivity index (χ1n) is 12.9. The molecule has 0 bridgehead atoms. The summed E-state index contributed by atoms with van der Waals surface area (Å²) < 4.78 is 13.4. The van der Waals surface area contributed by atoms with Crippen molar-refractivity contribution in [1.29, 1.82) is 0 Å². The van der Waals surface area contributed by atoms with E-state index < -0.39 is 6.04 Å². The van der Waals surface area contributed by atoms with Crippen LogP contribution in [0.25, 0.3) is 17.4 Å². The molecular weight excluding hydrogens is 593 g/mol. The van der Waals surface area contributed by atoms with Gasteiger partial charge >= 0.3 is 0 Å². The number of allylic oxidation sites excluding steroid dienone is 1. The fourth-order valence-corrected chi connectivity index (χ4v) is 6.26. The van der Waals surface area contributed by atoms with E-state index in [1.165, 1.54) is 11.3 Å². The average molecular weight is 617 g/mol. The van der Waals surface area contributed by atoms with Crippen molar-refractivity contribution in [3.63, 3.8) is 0 Å². The summed E-state index contributed by atoms with van der Waals surface area (Å²) in [7, 11) is 1.57. The minimum atomic E-state index is -0.736. The number of methoxy groups -OCH3 is 1. The van der Waals surface area contributed by atoms with Gasteiger partial charge in [-0.2, -0.15) is 0 Å². The molecule has 1 amide bonds. The fraction of sp³-hybridized carbons (Fsp3) is 0.0938. The topological polar surface area (TPSA) is 85.8 Å². The summed E-state index contributed by atoms with van der Waals surface area (Å²) in [5, 5.41) is 3.97. The van der Waals surface area contributed by atoms with E-state index in [9.17, 15) is 9.59 Å². The number of carbonyl (C=O) groups excluding carboxylic acids is 1. The van der Waals surface area contributed by atoms with E-state index in [1.54, 1.807) is 67.1 Å². The first kappa shape index (κ1) is 27.8. The number of halogens is 2. The molecule has 0 saturated carbocycles. The highest BCUT2D eigenvalue weighted by Gasteiger charge is 2.32. The number of benzene rings is 3. The van der Waals surface area contributed by atoms with Gasteiger partial charge in [0.2, 0.25) is 0 Å². The lowest BCUT2D eigenvalue weighted by Gasteiger charge is -2.25. The van der Waals surface area contributed by atoms with Crippen molar-refractivity contribution in [1.82, 2.24) is 4.57 Å². The first-order chi connectivity index (χ1) is 20.3. The van der Waals surface area contributed by atoms with Crippen molar-refractivity contribution in [3.05, 3.63) is 137 Å². The van der Waals surface area contributed by atoms with Crippen molar-refractivity contribution in [2.24, 2.45) is 4.99 Å². The molecule has 0 aliphatic carbocycles. The Morgan fingerprint density at radius 1 is 1.05 bits per heavy atom. The van der Waals surface area contributed by atoms with E-state index in [-0.39, 0.29) is 11.5 Å². The molecule has 0 spiro atoms. The molecule has 3 aromatic carbocycles. The molecule has 3 heterocycles. The molecule has 5 aromatic rings. The van der Waals surface area contributed by atoms with Gasteiger partial charge in [-0.05, 0) is 67.1 Å². The molecule has 0 radical (unpaired) electrons. The zero-order valence-electron chi connectivity index (χ0n) is 22.4. The second kappa shape index (κ2) is 11.5. The summed E-state index contributed by atoms with van der Waals surface area (Å²) in [4.78, 5) is 32.9. The van der Waals surface area contributed by atoms with Gasteiger partial charge in [0, 0.05) is 22.3 Å². The summed E-state index contributed by atoms with van der Waals surface area (Å²) in [5.41, 5.74) is 2.57. The second-order valence-electron chi connectivity index (χ2n) is 9.50. The lowest BCUT2D eigenvalue weighted by molar-refractivity contribution is -0.113. The average Bonchev–Trinajstić information content (AvgIpc) is 3.58. The lowest BCUT2D eigenvalue weighted by atomic mass is 9.95. The monoisotopic (exact) mass is 615 g/mol. The fourth-order valence-electron chi connectivity index (χ4n) is 4.85. The van der Waals surface area contributed by atoms with Gasteiger partial charge in [0.15, 0.2) is 4.80 Å². The highest BCUT2D eigenvalue weighted by atomic mass is 35.5. The normalized spacial score (nSPS) is 14.9. The summed E-state index contributed by atoms with van der Waals surface area (Å²) in [6.45, 7) is 1.78. The minimum Gasteiger partial charge on any atom is -0.497 e. The maximum absolute atomic E-state index is 14.0. The van der Waals surface area contributed by atoms with Crippen LogP contribution in [-0.2, 0) is 4.79 Å². The Kier molecular flexibility index (Phi) is 7.60. The van der Waals surface area contributed by atoms with Crippen LogP contribution in [0.2, 0.25) is 10.0 Å². The Morgan fingerprint density at radius 3 is 2.64 bits per heavy atom. The standard InChI is InChI=1S/C32H23Cl2N3O4S/c1-18-28(30(38)36-21-8-4-3-5-9-21)29(19-7-6-10-22(15-19)40-2)37-31(39)27(42-32(37)35-18)17-23-12-14-26(41-23)24-16-20(33)11-13-25(24)34/h3-17,29H,1-2H3,(H,36,38)/b27-17-/t29-/m1/s1. The van der Waals surface area contributed by atoms with E-state index in [0.29, 0.717) is 64.7 Å². The third kappa shape index (κ3) is 5.32. The number of furan rings is 1. The number of amides is 1. The van der Waals surface area contributed by atoms with Crippen molar-refractivity contribution >= 4 is 52.2 Å². The molecule has 210 valence electrons. The number of thiazole rings is 1. The number of para-hydroxylation sites is 1. The molecule has 1 aliphatic rings. The van der Waals surface area contributed by atoms with Crippen molar-refractivity contribution in [3.8, 4) is 17.1 Å². The molecular formula is C32H23Cl2N3O4S. The Hall–Kier alpha value is -4.37. The van der Waals surface area contributed by atoms with E-state index in [0.717, 1.165) is 0 Å². The number of anilines is 1. The van der Waals surface area contributed by atoms with E-state index in [4.69, 9.17) is 37.3 Å². The second-order valence-corrected chi connectivity index (χ2v) is 11.4. The third-order valence-electron chi connectivity index (χ3n) is 6.80. The van der Waals surface area contributed by atoms with E-state index >= 15 is 0 Å². The lowest BCUT2D eigenvalue weighted by Crippen LogP contribution is -2.40. The van der Waals surface area contributed by atoms with Crippen LogP contribution >= 0.6 is 34.5 Å². The number of hydrogen-bond acceptors (Lipinski definition) is 6. The number of nitrogens with one attached hydrogen (secondary N) is 1. The zero-order valence-corrected chi connectivity index (χ0v) is 24.8. The number of carbonyl (C=O) groups is 1. The maximum atomic E-state index is 14.0. The Labute approximate surface area is 254 Å². The SMILES string of the molecule is COc1cccc([C@@H]2C(C(=O)Nc3ccccc3)=C(C)N=c3s/c(=C\c4ccc(-c5cc(Cl)ccc5Cl)o4)c(=O)n32)c1. The van der Waals surface area contributed by atoms with Gasteiger partial charge < -0.3 is 14.5 Å². The van der Waals surface area contributed by atoms with Crippen LogP contribution in [0, 0.1) is 0 Å². The quantitative estimate of drug-likeness (QED) is 0.238. The van der Waals surface area contributed by atoms with Crippen LogP contribution in [0.15, 0.2) is 110 Å². The predicted molar refractivity (Wildman–Crippen MR) is 166 cm³/mol. The largest absolute Gasteiger partial charge is 0.497 e. The van der Waals surface area contributed by atoms with E-state index in [2.05, 4.69) is 5.32 Å². The Balaban J connectivity index is 1.47. The molecule has 0 unspecified atom stereocenters. The van der Waals surface area contributed by atoms with Gasteiger partial charge in [-0.15, -0.1) is 0 Å². The number of fused-ring (bicyclic) bond motifs is 1. The maximum Gasteiger partial charge on any atom is 0.271 e. The van der Waals surface area contributed by atoms with Gasteiger partial charge in [-0.3, -0.25) is 14.2 Å². The molecule has 1 atom stereocenters. The Bertz CT molecular complexity index is 2040. The van der Waals surface area contributed by atoms with Crippen LogP contribution in [0.3, 0.4) is 0 Å². The van der Waals surface area contributed by atoms with Crippen LogP contribution in [0.1, 0.15) is 24.3 Å². The van der Waals surface area contributed by atoms with Gasteiger partial charge in [0.05, 0.1) is 34.0 Å². The number of hydrogen-bond donors (Lipinski definition) is 1. The van der Waals surface area contributed by atoms with Gasteiger partial charge in [0.1, 0.15) is 17.3 Å². The summed E-state index contributed by atoms with van der Waals surface area (Å²) in [6.07, 6.45) is 1.66. The smallest absolute Gasteiger partial charge is 0.271 e. The van der Waals surface area contributed by atoms with Gasteiger partial charge in [-0.25, -0.2) is 4.99 Å². The minimum absolute atomic E-state index is 0.303. The Morgan fingerprint density at radius 2 is 1.86 bits per heavy atom. The molecule has 1 aliphatic heterocycles. The molecule has 0 fully saturated rings. The number of rotatable bonds is 6. The van der Waals surface area contributed by atoms with Gasteiger partial charge in [-0.1, -0.05) is 64.9 Å². The van der Waals surface area contributed by atoms with Crippen molar-refractivity contribution < 1.29 is 13.9 Å². The first-order valence-corrected chi connectivity index (χ1v) is 14.5. The zero-order chi connectivity index (χ0) is 29.4. The molecule has 1 N–H and O–H groups in total. The molecule has 42 heavy (non-hydrogen) atoms. The predicted octanol–water partition coefficient (Wildman–Crippen LogP) is 6.45. The third-order valence-corrected chi connectivity index (χ3v) is 8.35. The highest BCUT2D eigenvalue weighted by molar-refractivity contribution is 7.07. The number of ether oxygens (including phenoxy) is 1. The number of nitrogens with zero attached hydrogens (tertiary/aromatic N) is 2. The van der Waals surface area contributed by atoms with Crippen LogP contribution in [0.4, 0.5) is 5.69 Å². The molecule has 10 heteroatoms. The molecule has 7 nitrogen and oxygen atoms in total. The number of aromatic nitrogens is 1. The molecule has 0 saturated heterocycles. The van der Waals surface area contributed by atoms with Crippen LogP contribution < -0.4 is 24.9 Å². The van der Waals surface area contributed by atoms with E-state index in [1.807, 2.05) is 42.5 Å². The van der Waals surface area contributed by atoms with Crippen molar-refractivity contribution in [2.45, 2.75) is 13.0 Å². The summed E-state index contributed by atoms with van der Waals surface area (Å²) in [6, 6.07) is 24.4.